The van der Waals surface area contributed by atoms with Gasteiger partial charge in [-0.1, -0.05) is 77.6 Å². The summed E-state index contributed by atoms with van der Waals surface area (Å²) in [6.07, 6.45) is 18.8. The number of rotatable bonds is 7. The Bertz CT molecular complexity index is 393. The van der Waals surface area contributed by atoms with E-state index in [1.165, 1.54) is 76.7 Å². The maximum Gasteiger partial charge on any atom is 0.196 e. The molecule has 2 rings (SSSR count). The van der Waals surface area contributed by atoms with E-state index in [-0.39, 0.29) is 0 Å². The lowest BCUT2D eigenvalue weighted by atomic mass is 9.74. The van der Waals surface area contributed by atoms with Crippen molar-refractivity contribution < 1.29 is 4.39 Å². The molecule has 2 saturated carbocycles. The lowest BCUT2D eigenvalue weighted by Crippen LogP contribution is -2.18. The first kappa shape index (κ1) is 18.5. The van der Waals surface area contributed by atoms with E-state index in [1.54, 1.807) is 6.07 Å². The smallest absolute Gasteiger partial charge is 0.195 e. The van der Waals surface area contributed by atoms with Crippen molar-refractivity contribution >= 4 is 0 Å². The second-order valence-corrected chi connectivity index (χ2v) is 8.00. The van der Waals surface area contributed by atoms with Crippen molar-refractivity contribution in [2.75, 3.05) is 0 Å². The zero-order valence-electron chi connectivity index (χ0n) is 14.9. The lowest BCUT2D eigenvalue weighted by molar-refractivity contribution is 0.212. The molecule has 0 spiro atoms. The molecular formula is C21H34FN. The van der Waals surface area contributed by atoms with E-state index >= 15 is 0 Å². The van der Waals surface area contributed by atoms with Crippen LogP contribution in [0, 0.1) is 35.0 Å². The fraction of sp³-hybridized carbons (Fsp3) is 0.857. The minimum Gasteiger partial charge on any atom is -0.195 e. The Morgan fingerprint density at radius 2 is 1.30 bits per heavy atom. The number of nitriles is 1. The van der Waals surface area contributed by atoms with Crippen LogP contribution in [0.15, 0.2) is 11.9 Å². The van der Waals surface area contributed by atoms with Gasteiger partial charge in [0.05, 0.1) is 0 Å². The van der Waals surface area contributed by atoms with Crippen LogP contribution < -0.4 is 0 Å². The van der Waals surface area contributed by atoms with Crippen molar-refractivity contribution in [2.45, 2.75) is 90.4 Å². The molecule has 1 nitrogen and oxygen atoms in total. The first-order chi connectivity index (χ1) is 11.2. The normalized spacial score (nSPS) is 32.5. The Kier molecular flexibility index (Phi) is 8.13. The molecule has 0 aromatic heterocycles. The molecule has 130 valence electrons. The molecular weight excluding hydrogens is 285 g/mol. The molecule has 2 aliphatic rings. The van der Waals surface area contributed by atoms with Crippen LogP contribution in [0.4, 0.5) is 4.39 Å². The summed E-state index contributed by atoms with van der Waals surface area (Å²) in [6, 6.07) is 1.56. The molecule has 0 unspecified atom stereocenters. The first-order valence-corrected chi connectivity index (χ1v) is 9.97. The van der Waals surface area contributed by atoms with E-state index in [9.17, 15) is 4.39 Å². The molecule has 23 heavy (non-hydrogen) atoms. The Morgan fingerprint density at radius 1 is 0.870 bits per heavy atom. The summed E-state index contributed by atoms with van der Waals surface area (Å²) in [6.45, 7) is 2.34. The Morgan fingerprint density at radius 3 is 1.74 bits per heavy atom. The van der Waals surface area contributed by atoms with E-state index in [4.69, 9.17) is 5.26 Å². The molecule has 0 heterocycles. The predicted octanol–water partition coefficient (Wildman–Crippen LogP) is 6.95. The zero-order chi connectivity index (χ0) is 16.5. The molecule has 0 aromatic carbocycles. The van der Waals surface area contributed by atoms with Crippen LogP contribution in [0.3, 0.4) is 0 Å². The Hall–Kier alpha value is -0.840. The maximum absolute atomic E-state index is 12.8. The largest absolute Gasteiger partial charge is 0.196 e. The third-order valence-electron chi connectivity index (χ3n) is 6.50. The summed E-state index contributed by atoms with van der Waals surface area (Å²) >= 11 is 0. The Balaban J connectivity index is 1.56. The molecule has 0 amide bonds. The summed E-state index contributed by atoms with van der Waals surface area (Å²) in [4.78, 5) is 0. The second kappa shape index (κ2) is 10.1. The van der Waals surface area contributed by atoms with E-state index in [0.717, 1.165) is 36.5 Å². The topological polar surface area (TPSA) is 23.8 Å². The average Bonchev–Trinajstić information content (AvgIpc) is 2.61. The molecule has 0 N–H and O–H groups in total. The zero-order valence-corrected chi connectivity index (χ0v) is 14.9. The van der Waals surface area contributed by atoms with Gasteiger partial charge in [-0.3, -0.25) is 0 Å². The van der Waals surface area contributed by atoms with Crippen molar-refractivity contribution in [1.29, 1.82) is 5.26 Å². The summed E-state index contributed by atoms with van der Waals surface area (Å²) in [5.74, 6) is 3.11. The predicted molar refractivity (Wildman–Crippen MR) is 94.5 cm³/mol. The minimum absolute atomic E-state index is 0.614. The van der Waals surface area contributed by atoms with E-state index in [2.05, 4.69) is 6.92 Å². The summed E-state index contributed by atoms with van der Waals surface area (Å²) in [5.41, 5.74) is 0. The number of nitrogens with zero attached hydrogens (tertiary/aromatic N) is 1. The highest BCUT2D eigenvalue weighted by molar-refractivity contribution is 5.11. The van der Waals surface area contributed by atoms with Crippen LogP contribution in [-0.2, 0) is 0 Å². The number of hydrogen-bond acceptors (Lipinski definition) is 1. The lowest BCUT2D eigenvalue weighted by Gasteiger charge is -2.31. The van der Waals surface area contributed by atoms with E-state index in [1.807, 2.05) is 0 Å². The highest BCUT2D eigenvalue weighted by Gasteiger charge is 2.24. The maximum atomic E-state index is 12.8. The molecule has 0 saturated heterocycles. The monoisotopic (exact) mass is 319 g/mol. The van der Waals surface area contributed by atoms with E-state index in [0.29, 0.717) is 0 Å². The molecule has 0 atom stereocenters. The number of allylic oxidation sites excluding steroid dienone is 2. The molecule has 2 aliphatic carbocycles. The quantitative estimate of drug-likeness (QED) is 0.466. The second-order valence-electron chi connectivity index (χ2n) is 8.00. The van der Waals surface area contributed by atoms with Gasteiger partial charge in [0.15, 0.2) is 5.83 Å². The van der Waals surface area contributed by atoms with Gasteiger partial charge in [0.25, 0.3) is 0 Å². The molecule has 2 heteroatoms. The molecule has 0 aromatic rings. The number of hydrogen-bond donors (Lipinski definition) is 0. The van der Waals surface area contributed by atoms with Crippen LogP contribution >= 0.6 is 0 Å². The van der Waals surface area contributed by atoms with Gasteiger partial charge < -0.3 is 0 Å². The highest BCUT2D eigenvalue weighted by Crippen LogP contribution is 2.38. The van der Waals surface area contributed by atoms with Gasteiger partial charge >= 0.3 is 0 Å². The van der Waals surface area contributed by atoms with Gasteiger partial charge in [0.2, 0.25) is 0 Å². The molecule has 0 aliphatic heterocycles. The van der Waals surface area contributed by atoms with Crippen molar-refractivity contribution in [3.63, 3.8) is 0 Å². The SMILES string of the molecule is CC[C@H]1CC[C@H](CCC2CCC(CCC=C(F)C#N)CC2)CC1. The van der Waals surface area contributed by atoms with Gasteiger partial charge in [-0.2, -0.15) is 9.65 Å². The minimum atomic E-state index is -0.614. The third kappa shape index (κ3) is 6.66. The Labute approximate surface area is 142 Å². The third-order valence-corrected chi connectivity index (χ3v) is 6.50. The van der Waals surface area contributed by atoms with Crippen molar-refractivity contribution in [2.24, 2.45) is 23.7 Å². The van der Waals surface area contributed by atoms with Gasteiger partial charge in [-0.15, -0.1) is 0 Å². The van der Waals surface area contributed by atoms with Crippen LogP contribution in [0.1, 0.15) is 90.4 Å². The van der Waals surface area contributed by atoms with Crippen LogP contribution in [0.5, 0.6) is 0 Å². The van der Waals surface area contributed by atoms with E-state index < -0.39 is 5.83 Å². The van der Waals surface area contributed by atoms with Gasteiger partial charge in [0, 0.05) is 0 Å². The standard InChI is InChI=1S/C21H34FN/c1-2-17-6-8-19(9-7-17)14-15-20-12-10-18(11-13-20)4-3-5-21(22)16-23/h5,17-20H,2-4,6-15H2,1H3/t17-,18?,19-,20?. The molecule has 0 bridgehead atoms. The summed E-state index contributed by atoms with van der Waals surface area (Å²) in [5, 5.41) is 8.41. The summed E-state index contributed by atoms with van der Waals surface area (Å²) < 4.78 is 12.8. The van der Waals surface area contributed by atoms with Crippen LogP contribution in [-0.4, -0.2) is 0 Å². The van der Waals surface area contributed by atoms with Crippen LogP contribution in [0.2, 0.25) is 0 Å². The first-order valence-electron chi connectivity index (χ1n) is 9.97. The van der Waals surface area contributed by atoms with Crippen molar-refractivity contribution in [3.05, 3.63) is 11.9 Å². The highest BCUT2D eigenvalue weighted by atomic mass is 19.1. The van der Waals surface area contributed by atoms with Crippen molar-refractivity contribution in [1.82, 2.24) is 0 Å². The van der Waals surface area contributed by atoms with Crippen molar-refractivity contribution in [3.8, 4) is 6.07 Å². The average molecular weight is 320 g/mol. The fourth-order valence-electron chi connectivity index (χ4n) is 4.70. The summed E-state index contributed by atoms with van der Waals surface area (Å²) in [7, 11) is 0. The van der Waals surface area contributed by atoms with Gasteiger partial charge in [-0.25, -0.2) is 0 Å². The van der Waals surface area contributed by atoms with Crippen LogP contribution in [0.25, 0.3) is 0 Å². The fourth-order valence-corrected chi connectivity index (χ4v) is 4.70. The number of halogens is 1. The van der Waals surface area contributed by atoms with Gasteiger partial charge in [-0.05, 0) is 42.6 Å². The van der Waals surface area contributed by atoms with Gasteiger partial charge in [0.1, 0.15) is 6.07 Å². The molecule has 0 radical (unpaired) electrons. The molecule has 2 fully saturated rings.